The van der Waals surface area contributed by atoms with Crippen molar-refractivity contribution in [2.75, 3.05) is 6.54 Å². The molecule has 1 unspecified atom stereocenters. The number of likely N-dealkylation sites (N-methyl/N-ethyl adjacent to an activating group) is 1. The van der Waals surface area contributed by atoms with E-state index in [1.165, 1.54) is 6.92 Å². The van der Waals surface area contributed by atoms with Crippen LogP contribution < -0.4 is 5.32 Å². The average Bonchev–Trinajstić information content (AvgIpc) is 2.45. The molecule has 0 saturated carbocycles. The highest BCUT2D eigenvalue weighted by Crippen LogP contribution is 2.22. The Labute approximate surface area is 123 Å². The third kappa shape index (κ3) is 2.67. The number of carbonyl (C=O) groups excluding carboxylic acids is 3. The van der Waals surface area contributed by atoms with E-state index >= 15 is 0 Å². The molecular weight excluding hydrogens is 272 g/mol. The van der Waals surface area contributed by atoms with E-state index in [1.807, 2.05) is 31.2 Å². The number of amides is 4. The first-order valence-corrected chi connectivity index (χ1v) is 6.76. The zero-order valence-corrected chi connectivity index (χ0v) is 12.3. The third-order valence-corrected chi connectivity index (χ3v) is 3.65. The minimum Gasteiger partial charge on any atom is -0.351 e. The van der Waals surface area contributed by atoms with Crippen molar-refractivity contribution in [1.29, 1.82) is 0 Å². The lowest BCUT2D eigenvalue weighted by molar-refractivity contribution is -0.168. The fourth-order valence-corrected chi connectivity index (χ4v) is 2.14. The number of ether oxygens (including phenoxy) is 1. The van der Waals surface area contributed by atoms with Crippen LogP contribution in [0.5, 0.6) is 0 Å². The van der Waals surface area contributed by atoms with E-state index in [2.05, 4.69) is 5.32 Å². The molecule has 1 aliphatic heterocycles. The number of urea groups is 1. The van der Waals surface area contributed by atoms with E-state index in [0.29, 0.717) is 0 Å². The monoisotopic (exact) mass is 290 g/mol. The fraction of sp³-hybridized carbons (Fsp3) is 0.400. The van der Waals surface area contributed by atoms with E-state index in [-0.39, 0.29) is 13.2 Å². The second-order valence-electron chi connectivity index (χ2n) is 5.06. The van der Waals surface area contributed by atoms with E-state index in [9.17, 15) is 14.4 Å². The highest BCUT2D eigenvalue weighted by molar-refractivity contribution is 6.21. The number of hydrogen-bond donors (Lipinski definition) is 1. The van der Waals surface area contributed by atoms with E-state index in [0.717, 1.165) is 16.0 Å². The van der Waals surface area contributed by atoms with Gasteiger partial charge in [-0.2, -0.15) is 0 Å². The van der Waals surface area contributed by atoms with Crippen LogP contribution in [0.2, 0.25) is 0 Å². The molecule has 1 aromatic carbocycles. The van der Waals surface area contributed by atoms with Crippen molar-refractivity contribution in [3.63, 3.8) is 0 Å². The Hall–Kier alpha value is -2.21. The fourth-order valence-electron chi connectivity index (χ4n) is 2.14. The van der Waals surface area contributed by atoms with Crippen LogP contribution >= 0.6 is 0 Å². The minimum absolute atomic E-state index is 0.119. The SMILES string of the molecule is CCN1C(=O)NC(=O)C(C)(OCc2ccccc2C)C1=O. The molecule has 1 aromatic rings. The van der Waals surface area contributed by atoms with E-state index in [1.54, 1.807) is 6.92 Å². The van der Waals surface area contributed by atoms with Gasteiger partial charge < -0.3 is 4.74 Å². The number of rotatable bonds is 4. The van der Waals surface area contributed by atoms with Crippen LogP contribution in [0.15, 0.2) is 24.3 Å². The summed E-state index contributed by atoms with van der Waals surface area (Å²) in [5, 5.41) is 2.15. The summed E-state index contributed by atoms with van der Waals surface area (Å²) in [6, 6.07) is 6.84. The van der Waals surface area contributed by atoms with Gasteiger partial charge in [-0.05, 0) is 31.9 Å². The number of hydrogen-bond acceptors (Lipinski definition) is 4. The maximum absolute atomic E-state index is 12.3. The lowest BCUT2D eigenvalue weighted by Gasteiger charge is -2.36. The molecule has 21 heavy (non-hydrogen) atoms. The van der Waals surface area contributed by atoms with Crippen molar-refractivity contribution in [3.05, 3.63) is 35.4 Å². The molecular formula is C15H18N2O4. The molecule has 0 aromatic heterocycles. The van der Waals surface area contributed by atoms with Crippen molar-refractivity contribution in [2.45, 2.75) is 33.0 Å². The second kappa shape index (κ2) is 5.65. The van der Waals surface area contributed by atoms with Gasteiger partial charge in [-0.3, -0.25) is 19.8 Å². The lowest BCUT2D eigenvalue weighted by Crippen LogP contribution is -2.67. The van der Waals surface area contributed by atoms with Gasteiger partial charge in [-0.15, -0.1) is 0 Å². The van der Waals surface area contributed by atoms with Gasteiger partial charge in [-0.1, -0.05) is 24.3 Å². The summed E-state index contributed by atoms with van der Waals surface area (Å²) < 4.78 is 5.59. The van der Waals surface area contributed by atoms with Crippen molar-refractivity contribution in [1.82, 2.24) is 10.2 Å². The van der Waals surface area contributed by atoms with Gasteiger partial charge in [0.05, 0.1) is 6.61 Å². The van der Waals surface area contributed by atoms with Gasteiger partial charge in [0.2, 0.25) is 5.60 Å². The van der Waals surface area contributed by atoms with Crippen LogP contribution in [0.25, 0.3) is 0 Å². The zero-order chi connectivity index (χ0) is 15.6. The molecule has 1 heterocycles. The molecule has 1 fully saturated rings. The van der Waals surface area contributed by atoms with Crippen LogP contribution in [0.3, 0.4) is 0 Å². The molecule has 0 aliphatic carbocycles. The number of nitrogens with zero attached hydrogens (tertiary/aromatic N) is 1. The van der Waals surface area contributed by atoms with Crippen molar-refractivity contribution < 1.29 is 19.1 Å². The Morgan fingerprint density at radius 3 is 2.52 bits per heavy atom. The Morgan fingerprint density at radius 1 is 1.24 bits per heavy atom. The number of barbiturate groups is 1. The van der Waals surface area contributed by atoms with Gasteiger partial charge in [0, 0.05) is 6.54 Å². The van der Waals surface area contributed by atoms with E-state index < -0.39 is 23.4 Å². The minimum atomic E-state index is -1.69. The maximum atomic E-state index is 12.3. The van der Waals surface area contributed by atoms with Crippen LogP contribution in [0.4, 0.5) is 4.79 Å². The molecule has 1 aliphatic rings. The summed E-state index contributed by atoms with van der Waals surface area (Å²) in [6.45, 7) is 5.27. The molecule has 0 spiro atoms. The lowest BCUT2D eigenvalue weighted by atomic mass is 10.0. The molecule has 0 bridgehead atoms. The Balaban J connectivity index is 2.20. The summed E-state index contributed by atoms with van der Waals surface area (Å²) in [5.74, 6) is -1.36. The summed E-state index contributed by atoms with van der Waals surface area (Å²) in [4.78, 5) is 36.9. The first kappa shape index (κ1) is 15.2. The van der Waals surface area contributed by atoms with Crippen molar-refractivity contribution in [2.24, 2.45) is 0 Å². The first-order chi connectivity index (χ1) is 9.90. The highest BCUT2D eigenvalue weighted by atomic mass is 16.5. The Morgan fingerprint density at radius 2 is 1.90 bits per heavy atom. The number of imide groups is 2. The van der Waals surface area contributed by atoms with Gasteiger partial charge in [0.25, 0.3) is 11.8 Å². The van der Waals surface area contributed by atoms with Crippen LogP contribution in [0.1, 0.15) is 25.0 Å². The molecule has 0 radical (unpaired) electrons. The highest BCUT2D eigenvalue weighted by Gasteiger charge is 2.51. The van der Waals surface area contributed by atoms with Gasteiger partial charge in [0.1, 0.15) is 0 Å². The van der Waals surface area contributed by atoms with Crippen LogP contribution in [0, 0.1) is 6.92 Å². The van der Waals surface area contributed by atoms with Gasteiger partial charge >= 0.3 is 6.03 Å². The zero-order valence-electron chi connectivity index (χ0n) is 12.3. The number of benzene rings is 1. The normalized spacial score (nSPS) is 22.4. The van der Waals surface area contributed by atoms with Gasteiger partial charge in [0.15, 0.2) is 0 Å². The quantitative estimate of drug-likeness (QED) is 0.850. The van der Waals surface area contributed by atoms with Crippen LogP contribution in [-0.2, 0) is 20.9 Å². The molecule has 1 saturated heterocycles. The van der Waals surface area contributed by atoms with Crippen LogP contribution in [-0.4, -0.2) is 34.9 Å². The van der Waals surface area contributed by atoms with Crippen molar-refractivity contribution in [3.8, 4) is 0 Å². The summed E-state index contributed by atoms with van der Waals surface area (Å²) in [7, 11) is 0. The molecule has 1 N–H and O–H groups in total. The first-order valence-electron chi connectivity index (χ1n) is 6.76. The van der Waals surface area contributed by atoms with Gasteiger partial charge in [-0.25, -0.2) is 4.79 Å². The molecule has 112 valence electrons. The van der Waals surface area contributed by atoms with Crippen molar-refractivity contribution >= 4 is 17.8 Å². The second-order valence-corrected chi connectivity index (χ2v) is 5.06. The third-order valence-electron chi connectivity index (χ3n) is 3.65. The number of nitrogens with one attached hydrogen (secondary N) is 1. The molecule has 6 heteroatoms. The summed E-state index contributed by atoms with van der Waals surface area (Å²) in [6.07, 6.45) is 0. The standard InChI is InChI=1S/C15H18N2O4/c1-4-17-13(19)15(3,12(18)16-14(17)20)21-9-11-8-6-5-7-10(11)2/h5-8H,4,9H2,1-3H3,(H,16,18,20). The summed E-state index contributed by atoms with van der Waals surface area (Å²) in [5.41, 5.74) is 0.208. The molecule has 1 atom stereocenters. The topological polar surface area (TPSA) is 75.7 Å². The number of carbonyl (C=O) groups is 3. The largest absolute Gasteiger partial charge is 0.351 e. The number of aryl methyl sites for hydroxylation is 1. The molecule has 4 amide bonds. The smallest absolute Gasteiger partial charge is 0.330 e. The summed E-state index contributed by atoms with van der Waals surface area (Å²) >= 11 is 0. The molecule has 2 rings (SSSR count). The van der Waals surface area contributed by atoms with E-state index in [4.69, 9.17) is 4.74 Å². The maximum Gasteiger partial charge on any atom is 0.330 e. The predicted octanol–water partition coefficient (Wildman–Crippen LogP) is 1.37. The molecule has 6 nitrogen and oxygen atoms in total. The average molecular weight is 290 g/mol. The predicted molar refractivity (Wildman–Crippen MR) is 75.3 cm³/mol. The Bertz CT molecular complexity index is 599. The Kier molecular flexibility index (Phi) is 4.09.